The minimum Gasteiger partial charge on any atom is -0.488 e. The molecule has 0 saturated heterocycles. The zero-order chi connectivity index (χ0) is 15.5. The van der Waals surface area contributed by atoms with E-state index < -0.39 is 6.10 Å². The van der Waals surface area contributed by atoms with Crippen molar-refractivity contribution in [2.24, 2.45) is 5.73 Å². The molecule has 0 aromatic heterocycles. The van der Waals surface area contributed by atoms with Gasteiger partial charge in [0.2, 0.25) is 0 Å². The topological polar surface area (TPSA) is 79.3 Å². The smallest absolute Gasteiger partial charge is 0.137 e. The lowest BCUT2D eigenvalue weighted by atomic mass is 9.83. The highest BCUT2D eigenvalue weighted by Crippen LogP contribution is 2.35. The van der Waals surface area contributed by atoms with E-state index >= 15 is 0 Å². The first kappa shape index (κ1) is 14.6. The molecule has 2 aromatic rings. The van der Waals surface area contributed by atoms with Crippen LogP contribution >= 0.6 is 0 Å². The number of rotatable bonds is 3. The van der Waals surface area contributed by atoms with E-state index in [2.05, 4.69) is 6.07 Å². The van der Waals surface area contributed by atoms with Crippen LogP contribution in [0.2, 0.25) is 0 Å². The Morgan fingerprint density at radius 1 is 1.23 bits per heavy atom. The quantitative estimate of drug-likeness (QED) is 0.911. The Labute approximate surface area is 129 Å². The zero-order valence-corrected chi connectivity index (χ0v) is 12.2. The number of nitrogens with zero attached hydrogens (tertiary/aromatic N) is 1. The van der Waals surface area contributed by atoms with Gasteiger partial charge in [0.25, 0.3) is 0 Å². The average Bonchev–Trinajstić information content (AvgIpc) is 2.56. The Morgan fingerprint density at radius 2 is 2.00 bits per heavy atom. The fraction of sp³-hybridized carbons (Fsp3) is 0.278. The lowest BCUT2D eigenvalue weighted by Gasteiger charge is -2.28. The summed E-state index contributed by atoms with van der Waals surface area (Å²) in [6, 6.07) is 15.3. The first-order valence-corrected chi connectivity index (χ1v) is 7.37. The molecule has 4 heteroatoms. The number of hydrogen-bond acceptors (Lipinski definition) is 4. The summed E-state index contributed by atoms with van der Waals surface area (Å²) < 4.78 is 5.81. The Hall–Kier alpha value is -2.35. The van der Waals surface area contributed by atoms with E-state index in [0.717, 1.165) is 16.7 Å². The van der Waals surface area contributed by atoms with Gasteiger partial charge in [-0.05, 0) is 35.6 Å². The molecule has 0 spiro atoms. The highest BCUT2D eigenvalue weighted by atomic mass is 16.5. The van der Waals surface area contributed by atoms with Crippen molar-refractivity contribution in [3.05, 3.63) is 64.7 Å². The van der Waals surface area contributed by atoms with E-state index in [-0.39, 0.29) is 6.04 Å². The molecule has 22 heavy (non-hydrogen) atoms. The molecule has 0 bridgehead atoms. The molecule has 2 atom stereocenters. The maximum atomic E-state index is 10.2. The van der Waals surface area contributed by atoms with Gasteiger partial charge in [0.1, 0.15) is 18.4 Å². The van der Waals surface area contributed by atoms with Crippen LogP contribution in [0.5, 0.6) is 5.75 Å². The maximum absolute atomic E-state index is 10.2. The van der Waals surface area contributed by atoms with Crippen LogP contribution in [-0.4, -0.2) is 11.1 Å². The van der Waals surface area contributed by atoms with Crippen LogP contribution < -0.4 is 10.5 Å². The summed E-state index contributed by atoms with van der Waals surface area (Å²) in [4.78, 5) is 0. The molecule has 0 saturated carbocycles. The number of aliphatic hydroxyl groups excluding tert-OH is 1. The first-order valence-electron chi connectivity index (χ1n) is 7.37. The minimum absolute atomic E-state index is 0.268. The normalized spacial score (nSPS) is 20.0. The van der Waals surface area contributed by atoms with Crippen molar-refractivity contribution < 1.29 is 9.84 Å². The largest absolute Gasteiger partial charge is 0.488 e. The number of hydrogen-bond donors (Lipinski definition) is 2. The van der Waals surface area contributed by atoms with Crippen molar-refractivity contribution >= 4 is 0 Å². The fourth-order valence-electron chi connectivity index (χ4n) is 2.87. The predicted octanol–water partition coefficient (Wildman–Crippen LogP) is 2.44. The molecule has 0 amide bonds. The van der Waals surface area contributed by atoms with Gasteiger partial charge in [-0.2, -0.15) is 5.26 Å². The van der Waals surface area contributed by atoms with Crippen molar-refractivity contribution in [1.29, 1.82) is 5.26 Å². The monoisotopic (exact) mass is 294 g/mol. The number of nitrogens with two attached hydrogens (primary N) is 1. The van der Waals surface area contributed by atoms with Crippen LogP contribution in [0.4, 0.5) is 0 Å². The molecular formula is C18H18N2O2. The molecule has 0 heterocycles. The Bertz CT molecular complexity index is 707. The molecule has 0 unspecified atom stereocenters. The summed E-state index contributed by atoms with van der Waals surface area (Å²) in [7, 11) is 0. The molecule has 112 valence electrons. The summed E-state index contributed by atoms with van der Waals surface area (Å²) in [5.41, 5.74) is 9.07. The molecule has 0 fully saturated rings. The molecule has 1 aliphatic carbocycles. The molecule has 2 aromatic carbocycles. The van der Waals surface area contributed by atoms with Gasteiger partial charge in [0, 0.05) is 6.04 Å². The third-order valence-corrected chi connectivity index (χ3v) is 4.11. The van der Waals surface area contributed by atoms with Gasteiger partial charge in [-0.25, -0.2) is 0 Å². The Balaban J connectivity index is 1.89. The lowest BCUT2D eigenvalue weighted by molar-refractivity contribution is 0.133. The third kappa shape index (κ3) is 2.69. The van der Waals surface area contributed by atoms with Gasteiger partial charge < -0.3 is 15.6 Å². The Kier molecular flexibility index (Phi) is 4.10. The summed E-state index contributed by atoms with van der Waals surface area (Å²) in [5, 5.41) is 19.7. The van der Waals surface area contributed by atoms with E-state index in [1.807, 2.05) is 36.4 Å². The van der Waals surface area contributed by atoms with Gasteiger partial charge >= 0.3 is 0 Å². The van der Waals surface area contributed by atoms with E-state index in [4.69, 9.17) is 10.5 Å². The highest BCUT2D eigenvalue weighted by molar-refractivity contribution is 5.54. The fourth-order valence-corrected chi connectivity index (χ4v) is 2.87. The number of benzene rings is 2. The molecule has 4 nitrogen and oxygen atoms in total. The van der Waals surface area contributed by atoms with Gasteiger partial charge in [-0.3, -0.25) is 0 Å². The van der Waals surface area contributed by atoms with Crippen LogP contribution in [0.25, 0.3) is 0 Å². The van der Waals surface area contributed by atoms with E-state index in [1.165, 1.54) is 0 Å². The molecule has 0 radical (unpaired) electrons. The number of ether oxygens (including phenoxy) is 1. The van der Waals surface area contributed by atoms with Crippen LogP contribution in [0.3, 0.4) is 0 Å². The number of fused-ring (bicyclic) bond motifs is 1. The summed E-state index contributed by atoms with van der Waals surface area (Å²) in [6.07, 6.45) is 0.656. The summed E-state index contributed by atoms with van der Waals surface area (Å²) in [5.74, 6) is 0.563. The van der Waals surface area contributed by atoms with Gasteiger partial charge in [-0.1, -0.05) is 36.4 Å². The molecular weight excluding hydrogens is 276 g/mol. The van der Waals surface area contributed by atoms with Crippen molar-refractivity contribution in [3.63, 3.8) is 0 Å². The number of aliphatic hydroxyl groups is 1. The minimum atomic E-state index is -0.709. The van der Waals surface area contributed by atoms with E-state index in [0.29, 0.717) is 30.8 Å². The predicted molar refractivity (Wildman–Crippen MR) is 83.2 cm³/mol. The van der Waals surface area contributed by atoms with Gasteiger partial charge in [-0.15, -0.1) is 0 Å². The maximum Gasteiger partial charge on any atom is 0.137 e. The second-order valence-corrected chi connectivity index (χ2v) is 5.54. The third-order valence-electron chi connectivity index (χ3n) is 4.11. The molecule has 3 rings (SSSR count). The summed E-state index contributed by atoms with van der Waals surface area (Å²) >= 11 is 0. The summed E-state index contributed by atoms with van der Waals surface area (Å²) in [6.45, 7) is 0.413. The molecule has 1 aliphatic rings. The van der Waals surface area contributed by atoms with Crippen LogP contribution in [0.15, 0.2) is 42.5 Å². The lowest BCUT2D eigenvalue weighted by Crippen LogP contribution is -2.33. The van der Waals surface area contributed by atoms with E-state index in [1.54, 1.807) is 6.07 Å². The van der Waals surface area contributed by atoms with Crippen LogP contribution in [-0.2, 0) is 13.0 Å². The second kappa shape index (κ2) is 6.18. The van der Waals surface area contributed by atoms with Gasteiger partial charge in [0.15, 0.2) is 0 Å². The van der Waals surface area contributed by atoms with E-state index in [9.17, 15) is 10.4 Å². The standard InChI is InChI=1S/C18H18N2O2/c19-10-15-13-6-8-16(20)18(21)14(13)7-9-17(15)22-11-12-4-2-1-3-5-12/h1-5,7,9,16,18,21H,6,8,11,20H2/t16-,18-/m0/s1. The average molecular weight is 294 g/mol. The highest BCUT2D eigenvalue weighted by Gasteiger charge is 2.28. The SMILES string of the molecule is N#Cc1c(OCc2ccccc2)ccc2c1CC[C@H](N)[C@H]2O. The van der Waals surface area contributed by atoms with Crippen molar-refractivity contribution in [2.45, 2.75) is 31.6 Å². The Morgan fingerprint density at radius 3 is 2.73 bits per heavy atom. The van der Waals surface area contributed by atoms with Gasteiger partial charge in [0.05, 0.1) is 11.7 Å². The molecule has 3 N–H and O–H groups in total. The van der Waals surface area contributed by atoms with Crippen molar-refractivity contribution in [3.8, 4) is 11.8 Å². The van der Waals surface area contributed by atoms with Crippen molar-refractivity contribution in [2.75, 3.05) is 0 Å². The van der Waals surface area contributed by atoms with Crippen LogP contribution in [0.1, 0.15) is 34.8 Å². The second-order valence-electron chi connectivity index (χ2n) is 5.54. The van der Waals surface area contributed by atoms with Crippen molar-refractivity contribution in [1.82, 2.24) is 0 Å². The molecule has 0 aliphatic heterocycles. The number of nitriles is 1. The zero-order valence-electron chi connectivity index (χ0n) is 12.2. The van der Waals surface area contributed by atoms with Crippen LogP contribution in [0, 0.1) is 11.3 Å². The first-order chi connectivity index (χ1) is 10.7.